The first-order valence-electron chi connectivity index (χ1n) is 8.88. The molecule has 0 unspecified atom stereocenters. The monoisotopic (exact) mass is 365 g/mol. The van der Waals surface area contributed by atoms with Crippen LogP contribution in [0.1, 0.15) is 30.9 Å². The molecule has 3 N–H and O–H groups in total. The molecule has 1 fully saturated rings. The van der Waals surface area contributed by atoms with Gasteiger partial charge in [0.05, 0.1) is 0 Å². The molecule has 140 valence electrons. The van der Waals surface area contributed by atoms with Crippen molar-refractivity contribution in [3.8, 4) is 0 Å². The number of hydrogen-bond acceptors (Lipinski definition) is 3. The summed E-state index contributed by atoms with van der Waals surface area (Å²) in [5.74, 6) is -0.806. The van der Waals surface area contributed by atoms with Crippen molar-refractivity contribution in [1.82, 2.24) is 0 Å². The molecule has 0 atom stereocenters. The Kier molecular flexibility index (Phi) is 4.99. The second kappa shape index (κ2) is 7.23. The molecule has 0 saturated heterocycles. The molecule has 3 amide bonds. The number of carbonyl (C=O) groups is 3. The Labute approximate surface area is 158 Å². The highest BCUT2D eigenvalue weighted by Gasteiger charge is 2.56. The maximum absolute atomic E-state index is 12.7. The van der Waals surface area contributed by atoms with Gasteiger partial charge in [0.15, 0.2) is 0 Å². The van der Waals surface area contributed by atoms with Crippen LogP contribution in [0.2, 0.25) is 0 Å². The van der Waals surface area contributed by atoms with Crippen LogP contribution in [-0.2, 0) is 14.4 Å². The summed E-state index contributed by atoms with van der Waals surface area (Å²) in [6, 6.07) is 12.6. The van der Waals surface area contributed by atoms with Gasteiger partial charge in [0.25, 0.3) is 0 Å². The summed E-state index contributed by atoms with van der Waals surface area (Å²) in [5, 5.41) is 8.35. The normalized spacial score (nSPS) is 14.2. The lowest BCUT2D eigenvalue weighted by molar-refractivity contribution is -0.131. The zero-order valence-electron chi connectivity index (χ0n) is 15.7. The maximum Gasteiger partial charge on any atom is 0.240 e. The van der Waals surface area contributed by atoms with Crippen molar-refractivity contribution in [1.29, 1.82) is 0 Å². The molecule has 0 heterocycles. The summed E-state index contributed by atoms with van der Waals surface area (Å²) in [6.45, 7) is 5.33. The van der Waals surface area contributed by atoms with E-state index >= 15 is 0 Å². The lowest BCUT2D eigenvalue weighted by atomic mass is 10.0. The molecule has 1 aliphatic rings. The van der Waals surface area contributed by atoms with E-state index in [1.807, 2.05) is 32.0 Å². The van der Waals surface area contributed by atoms with Crippen LogP contribution in [0.15, 0.2) is 42.5 Å². The molecule has 6 nitrogen and oxygen atoms in total. The van der Waals surface area contributed by atoms with Gasteiger partial charge in [-0.25, -0.2) is 0 Å². The Bertz CT molecular complexity index is 917. The van der Waals surface area contributed by atoms with Crippen LogP contribution in [0.5, 0.6) is 0 Å². The number of aryl methyl sites for hydroxylation is 2. The fourth-order valence-corrected chi connectivity index (χ4v) is 3.01. The molecular weight excluding hydrogens is 342 g/mol. The minimum atomic E-state index is -1.04. The number of anilines is 3. The van der Waals surface area contributed by atoms with E-state index in [0.717, 1.165) is 16.8 Å². The van der Waals surface area contributed by atoms with Gasteiger partial charge in [-0.1, -0.05) is 23.8 Å². The molecule has 0 radical (unpaired) electrons. The molecule has 2 aromatic rings. The molecule has 3 rings (SSSR count). The quantitative estimate of drug-likeness (QED) is 0.707. The van der Waals surface area contributed by atoms with Gasteiger partial charge in [-0.3, -0.25) is 14.4 Å². The van der Waals surface area contributed by atoms with Crippen molar-refractivity contribution in [3.63, 3.8) is 0 Å². The maximum atomic E-state index is 12.7. The van der Waals surface area contributed by atoms with E-state index in [2.05, 4.69) is 16.0 Å². The molecule has 0 aromatic heterocycles. The van der Waals surface area contributed by atoms with Crippen molar-refractivity contribution in [2.45, 2.75) is 33.6 Å². The van der Waals surface area contributed by atoms with Gasteiger partial charge in [0.2, 0.25) is 17.7 Å². The second-order valence-corrected chi connectivity index (χ2v) is 7.07. The SMILES string of the molecule is CC(=O)Nc1cccc(NC(=O)C2(C(=O)Nc3ccc(C)cc3C)CC2)c1. The van der Waals surface area contributed by atoms with Gasteiger partial charge in [-0.15, -0.1) is 0 Å². The highest BCUT2D eigenvalue weighted by atomic mass is 16.2. The van der Waals surface area contributed by atoms with Gasteiger partial charge < -0.3 is 16.0 Å². The number of carbonyl (C=O) groups excluding carboxylic acids is 3. The zero-order chi connectivity index (χ0) is 19.6. The van der Waals surface area contributed by atoms with E-state index < -0.39 is 5.41 Å². The Balaban J connectivity index is 1.70. The third-order valence-corrected chi connectivity index (χ3v) is 4.69. The van der Waals surface area contributed by atoms with Crippen LogP contribution in [-0.4, -0.2) is 17.7 Å². The van der Waals surface area contributed by atoms with Gasteiger partial charge in [-0.05, 0) is 56.5 Å². The van der Waals surface area contributed by atoms with Crippen molar-refractivity contribution < 1.29 is 14.4 Å². The first-order chi connectivity index (χ1) is 12.8. The molecule has 2 aromatic carbocycles. The molecule has 6 heteroatoms. The highest BCUT2D eigenvalue weighted by molar-refractivity contribution is 6.17. The molecule has 0 bridgehead atoms. The Morgan fingerprint density at radius 1 is 0.852 bits per heavy atom. The molecule has 0 spiro atoms. The minimum absolute atomic E-state index is 0.190. The van der Waals surface area contributed by atoms with Crippen LogP contribution < -0.4 is 16.0 Å². The first-order valence-corrected chi connectivity index (χ1v) is 8.88. The van der Waals surface area contributed by atoms with E-state index in [1.54, 1.807) is 24.3 Å². The predicted octanol–water partition coefficient (Wildman–Crippen LogP) is 3.62. The van der Waals surface area contributed by atoms with Crippen LogP contribution in [0.3, 0.4) is 0 Å². The van der Waals surface area contributed by atoms with Crippen LogP contribution in [0.25, 0.3) is 0 Å². The summed E-state index contributed by atoms with van der Waals surface area (Å²) in [5.41, 5.74) is 2.88. The fourth-order valence-electron chi connectivity index (χ4n) is 3.01. The number of hydrogen-bond donors (Lipinski definition) is 3. The summed E-state index contributed by atoms with van der Waals surface area (Å²) in [7, 11) is 0. The van der Waals surface area contributed by atoms with Gasteiger partial charge in [-0.2, -0.15) is 0 Å². The van der Waals surface area contributed by atoms with Gasteiger partial charge in [0.1, 0.15) is 5.41 Å². The average molecular weight is 365 g/mol. The summed E-state index contributed by atoms with van der Waals surface area (Å²) >= 11 is 0. The van der Waals surface area contributed by atoms with Crippen molar-refractivity contribution in [2.75, 3.05) is 16.0 Å². The minimum Gasteiger partial charge on any atom is -0.326 e. The largest absolute Gasteiger partial charge is 0.326 e. The first kappa shape index (κ1) is 18.6. The molecule has 1 aliphatic carbocycles. The number of amides is 3. The topological polar surface area (TPSA) is 87.3 Å². The third-order valence-electron chi connectivity index (χ3n) is 4.69. The Hall–Kier alpha value is -3.15. The van der Waals surface area contributed by atoms with Gasteiger partial charge >= 0.3 is 0 Å². The van der Waals surface area contributed by atoms with Crippen molar-refractivity contribution in [2.24, 2.45) is 5.41 Å². The average Bonchev–Trinajstić information content (AvgIpc) is 3.39. The van der Waals surface area contributed by atoms with E-state index in [1.165, 1.54) is 6.92 Å². The summed E-state index contributed by atoms with van der Waals surface area (Å²) in [6.07, 6.45) is 1.03. The summed E-state index contributed by atoms with van der Waals surface area (Å²) in [4.78, 5) is 36.7. The number of benzene rings is 2. The molecule has 1 saturated carbocycles. The standard InChI is InChI=1S/C21H23N3O3/c1-13-7-8-18(14(2)11-13)24-20(27)21(9-10-21)19(26)23-17-6-4-5-16(12-17)22-15(3)25/h4-8,11-12H,9-10H2,1-3H3,(H,22,25)(H,23,26)(H,24,27). The van der Waals surface area contributed by atoms with Crippen LogP contribution in [0.4, 0.5) is 17.1 Å². The van der Waals surface area contributed by atoms with E-state index in [0.29, 0.717) is 24.2 Å². The van der Waals surface area contributed by atoms with Crippen LogP contribution >= 0.6 is 0 Å². The molecule has 27 heavy (non-hydrogen) atoms. The van der Waals surface area contributed by atoms with Crippen molar-refractivity contribution >= 4 is 34.8 Å². The number of nitrogens with one attached hydrogen (secondary N) is 3. The second-order valence-electron chi connectivity index (χ2n) is 7.07. The molecular formula is C21H23N3O3. The number of rotatable bonds is 5. The smallest absolute Gasteiger partial charge is 0.240 e. The van der Waals surface area contributed by atoms with E-state index in [9.17, 15) is 14.4 Å². The van der Waals surface area contributed by atoms with E-state index in [-0.39, 0.29) is 17.7 Å². The Morgan fingerprint density at radius 2 is 1.48 bits per heavy atom. The van der Waals surface area contributed by atoms with Crippen LogP contribution in [0, 0.1) is 19.3 Å². The highest BCUT2D eigenvalue weighted by Crippen LogP contribution is 2.47. The zero-order valence-corrected chi connectivity index (χ0v) is 15.7. The predicted molar refractivity (Wildman–Crippen MR) is 106 cm³/mol. The van der Waals surface area contributed by atoms with Crippen molar-refractivity contribution in [3.05, 3.63) is 53.6 Å². The lowest BCUT2D eigenvalue weighted by Gasteiger charge is -2.17. The third kappa shape index (κ3) is 4.16. The Morgan fingerprint density at radius 3 is 2.07 bits per heavy atom. The summed E-state index contributed by atoms with van der Waals surface area (Å²) < 4.78 is 0. The molecule has 0 aliphatic heterocycles. The van der Waals surface area contributed by atoms with E-state index in [4.69, 9.17) is 0 Å². The fraction of sp³-hybridized carbons (Fsp3) is 0.286. The van der Waals surface area contributed by atoms with Gasteiger partial charge in [0, 0.05) is 24.0 Å². The lowest BCUT2D eigenvalue weighted by Crippen LogP contribution is -2.35.